The molecule has 1 heterocycles. The Balaban J connectivity index is 2.12. The van der Waals surface area contributed by atoms with E-state index in [0.717, 1.165) is 23.7 Å². The fraction of sp³-hybridized carbons (Fsp3) is 0.429. The molecule has 1 aromatic rings. The molecule has 0 amide bonds. The third-order valence-corrected chi connectivity index (χ3v) is 2.45. The summed E-state index contributed by atoms with van der Waals surface area (Å²) in [5.74, 6) is 1.58. The van der Waals surface area contributed by atoms with Crippen LogP contribution >= 0.6 is 0 Å². The van der Waals surface area contributed by atoms with Crippen molar-refractivity contribution in [3.05, 3.63) is 29.8 Å². The zero-order chi connectivity index (χ0) is 12.1. The first-order valence-corrected chi connectivity index (χ1v) is 5.97. The number of hydrogen-bond acceptors (Lipinski definition) is 3. The highest BCUT2D eigenvalue weighted by Gasteiger charge is 2.23. The first kappa shape index (κ1) is 12.0. The van der Waals surface area contributed by atoms with Crippen molar-refractivity contribution in [2.24, 2.45) is 0 Å². The van der Waals surface area contributed by atoms with Gasteiger partial charge < -0.3 is 14.2 Å². The van der Waals surface area contributed by atoms with E-state index in [1.165, 1.54) is 0 Å². The van der Waals surface area contributed by atoms with E-state index in [4.69, 9.17) is 14.2 Å². The maximum atomic E-state index is 5.72. The zero-order valence-electron chi connectivity index (χ0n) is 10.3. The number of rotatable bonds is 6. The van der Waals surface area contributed by atoms with Gasteiger partial charge in [-0.1, -0.05) is 18.2 Å². The summed E-state index contributed by atoms with van der Waals surface area (Å²) in [5.41, 5.74) is 1.11. The summed E-state index contributed by atoms with van der Waals surface area (Å²) in [4.78, 5) is 0. The molecule has 1 saturated heterocycles. The summed E-state index contributed by atoms with van der Waals surface area (Å²) in [6.45, 7) is 6.00. The van der Waals surface area contributed by atoms with Crippen molar-refractivity contribution >= 4 is 6.08 Å². The summed E-state index contributed by atoms with van der Waals surface area (Å²) in [5, 5.41) is 0. The predicted molar refractivity (Wildman–Crippen MR) is 67.6 cm³/mol. The Labute approximate surface area is 102 Å². The number of allylic oxidation sites excluding steroid dienone is 1. The molecule has 3 nitrogen and oxygen atoms in total. The van der Waals surface area contributed by atoms with Crippen LogP contribution in [0.5, 0.6) is 11.5 Å². The van der Waals surface area contributed by atoms with E-state index in [1.54, 1.807) is 0 Å². The third-order valence-electron chi connectivity index (χ3n) is 2.45. The molecule has 1 aliphatic rings. The Bertz CT molecular complexity index is 394. The molecular formula is C14H18O3. The van der Waals surface area contributed by atoms with Crippen LogP contribution in [0.3, 0.4) is 0 Å². The Morgan fingerprint density at radius 2 is 2.18 bits per heavy atom. The monoisotopic (exact) mass is 234 g/mol. The van der Waals surface area contributed by atoms with Crippen molar-refractivity contribution in [1.82, 2.24) is 0 Å². The molecule has 0 aromatic heterocycles. The Kier molecular flexibility index (Phi) is 4.04. The fourth-order valence-corrected chi connectivity index (χ4v) is 1.56. The molecular weight excluding hydrogens is 216 g/mol. The first-order chi connectivity index (χ1) is 8.33. The van der Waals surface area contributed by atoms with E-state index >= 15 is 0 Å². The normalized spacial score (nSPS) is 18.4. The average molecular weight is 234 g/mol. The van der Waals surface area contributed by atoms with Crippen molar-refractivity contribution in [3.63, 3.8) is 0 Å². The van der Waals surface area contributed by atoms with E-state index in [-0.39, 0.29) is 6.10 Å². The van der Waals surface area contributed by atoms with Gasteiger partial charge in [0.15, 0.2) is 11.5 Å². The molecule has 0 saturated carbocycles. The van der Waals surface area contributed by atoms with Gasteiger partial charge in [0.25, 0.3) is 0 Å². The van der Waals surface area contributed by atoms with Crippen LogP contribution in [0.2, 0.25) is 0 Å². The standard InChI is InChI=1S/C14H18O3/c1-3-5-11-6-7-13(15-4-2)14(8-11)17-10-12-9-16-12/h3,5-8,12H,4,9-10H2,1-2H3. The molecule has 1 atom stereocenters. The Hall–Kier alpha value is -1.48. The van der Waals surface area contributed by atoms with Crippen molar-refractivity contribution in [1.29, 1.82) is 0 Å². The minimum absolute atomic E-state index is 0.259. The van der Waals surface area contributed by atoms with Crippen LogP contribution in [-0.2, 0) is 4.74 Å². The Morgan fingerprint density at radius 1 is 1.35 bits per heavy atom. The van der Waals surface area contributed by atoms with Gasteiger partial charge in [-0.3, -0.25) is 0 Å². The molecule has 2 rings (SSSR count). The van der Waals surface area contributed by atoms with Crippen molar-refractivity contribution in [2.75, 3.05) is 19.8 Å². The van der Waals surface area contributed by atoms with Crippen molar-refractivity contribution < 1.29 is 14.2 Å². The van der Waals surface area contributed by atoms with Gasteiger partial charge in [-0.15, -0.1) is 0 Å². The summed E-state index contributed by atoms with van der Waals surface area (Å²) in [6.07, 6.45) is 4.30. The van der Waals surface area contributed by atoms with Gasteiger partial charge in [0.05, 0.1) is 13.2 Å². The molecule has 92 valence electrons. The Morgan fingerprint density at radius 3 is 2.82 bits per heavy atom. The van der Waals surface area contributed by atoms with Crippen LogP contribution in [0.15, 0.2) is 24.3 Å². The molecule has 0 bridgehead atoms. The first-order valence-electron chi connectivity index (χ1n) is 5.97. The topological polar surface area (TPSA) is 31.0 Å². The highest BCUT2D eigenvalue weighted by molar-refractivity contribution is 5.55. The molecule has 0 N–H and O–H groups in total. The van der Waals surface area contributed by atoms with E-state index in [9.17, 15) is 0 Å². The second-order valence-corrected chi connectivity index (χ2v) is 3.91. The molecule has 1 fully saturated rings. The smallest absolute Gasteiger partial charge is 0.161 e. The minimum Gasteiger partial charge on any atom is -0.490 e. The quantitative estimate of drug-likeness (QED) is 0.709. The third kappa shape index (κ3) is 3.49. The lowest BCUT2D eigenvalue weighted by Gasteiger charge is -2.11. The molecule has 0 radical (unpaired) electrons. The molecule has 17 heavy (non-hydrogen) atoms. The molecule has 1 unspecified atom stereocenters. The predicted octanol–water partition coefficient (Wildman–Crippen LogP) is 2.90. The second kappa shape index (κ2) is 5.73. The van der Waals surface area contributed by atoms with E-state index in [2.05, 4.69) is 0 Å². The summed E-state index contributed by atoms with van der Waals surface area (Å²) < 4.78 is 16.4. The van der Waals surface area contributed by atoms with Crippen LogP contribution in [0.1, 0.15) is 19.4 Å². The SMILES string of the molecule is CC=Cc1ccc(OCC)c(OCC2CO2)c1. The van der Waals surface area contributed by atoms with Gasteiger partial charge in [0.1, 0.15) is 12.7 Å². The van der Waals surface area contributed by atoms with Crippen LogP contribution < -0.4 is 9.47 Å². The lowest BCUT2D eigenvalue weighted by Crippen LogP contribution is -2.06. The lowest BCUT2D eigenvalue weighted by molar-refractivity contribution is 0.245. The highest BCUT2D eigenvalue weighted by atomic mass is 16.6. The second-order valence-electron chi connectivity index (χ2n) is 3.91. The minimum atomic E-state index is 0.259. The lowest BCUT2D eigenvalue weighted by atomic mass is 10.2. The van der Waals surface area contributed by atoms with Crippen LogP contribution in [-0.4, -0.2) is 25.9 Å². The molecule has 0 spiro atoms. The van der Waals surface area contributed by atoms with E-state index in [0.29, 0.717) is 13.2 Å². The van der Waals surface area contributed by atoms with Gasteiger partial charge in [-0.05, 0) is 31.5 Å². The van der Waals surface area contributed by atoms with E-state index < -0.39 is 0 Å². The molecule has 0 aliphatic carbocycles. The van der Waals surface area contributed by atoms with Gasteiger partial charge in [-0.2, -0.15) is 0 Å². The van der Waals surface area contributed by atoms with Crippen LogP contribution in [0.4, 0.5) is 0 Å². The average Bonchev–Trinajstić information content (AvgIpc) is 3.14. The fourth-order valence-electron chi connectivity index (χ4n) is 1.56. The highest BCUT2D eigenvalue weighted by Crippen LogP contribution is 2.29. The maximum Gasteiger partial charge on any atom is 0.161 e. The molecule has 3 heteroatoms. The number of hydrogen-bond donors (Lipinski definition) is 0. The van der Waals surface area contributed by atoms with Gasteiger partial charge in [-0.25, -0.2) is 0 Å². The summed E-state index contributed by atoms with van der Waals surface area (Å²) in [6, 6.07) is 5.96. The maximum absolute atomic E-state index is 5.72. The van der Waals surface area contributed by atoms with Gasteiger partial charge >= 0.3 is 0 Å². The number of benzene rings is 1. The largest absolute Gasteiger partial charge is 0.490 e. The van der Waals surface area contributed by atoms with Gasteiger partial charge in [0.2, 0.25) is 0 Å². The van der Waals surface area contributed by atoms with Crippen molar-refractivity contribution in [3.8, 4) is 11.5 Å². The number of epoxide rings is 1. The molecule has 1 aromatic carbocycles. The summed E-state index contributed by atoms with van der Waals surface area (Å²) in [7, 11) is 0. The summed E-state index contributed by atoms with van der Waals surface area (Å²) >= 11 is 0. The van der Waals surface area contributed by atoms with Crippen LogP contribution in [0.25, 0.3) is 6.08 Å². The van der Waals surface area contributed by atoms with Crippen LogP contribution in [0, 0.1) is 0 Å². The van der Waals surface area contributed by atoms with E-state index in [1.807, 2.05) is 44.2 Å². The number of ether oxygens (including phenoxy) is 3. The molecule has 1 aliphatic heterocycles. The van der Waals surface area contributed by atoms with Gasteiger partial charge in [0, 0.05) is 0 Å². The van der Waals surface area contributed by atoms with Crippen molar-refractivity contribution in [2.45, 2.75) is 20.0 Å². The zero-order valence-corrected chi connectivity index (χ0v) is 10.3.